The molecule has 6 rings (SSSR count). The molecule has 74 heavy (non-hydrogen) atoms. The minimum absolute atomic E-state index is 0.00649. The Labute approximate surface area is 421 Å². The van der Waals surface area contributed by atoms with Crippen LogP contribution in [0.15, 0.2) is 30.3 Å². The molecule has 30 heteroatoms. The Balaban J connectivity index is 1.42. The minimum atomic E-state index is -3.21. The fraction of sp³-hybridized carbons (Fsp3) is 0.795. The molecular weight excluding hydrogens is 1000 g/mol. The average molecular weight is 1070 g/mol. The number of aliphatic carboxylic acids is 1. The van der Waals surface area contributed by atoms with Gasteiger partial charge in [-0.3, -0.25) is 9.59 Å². The normalized spacial score (nSPS) is 43.7. The first-order valence-electron chi connectivity index (χ1n) is 23.7. The molecule has 1 aromatic rings. The predicted molar refractivity (Wildman–Crippen MR) is 235 cm³/mol. The van der Waals surface area contributed by atoms with Crippen LogP contribution >= 0.6 is 0 Å². The number of ether oxygens (including phenoxy) is 10. The molecule has 1 aromatic carbocycles. The molecule has 0 unspecified atom stereocenters. The Hall–Kier alpha value is -3.33. The molecule has 5 saturated heterocycles. The number of hydrogen-bond donors (Lipinski definition) is 17. The number of carbonyl (C=O) groups excluding carboxylic acids is 2. The summed E-state index contributed by atoms with van der Waals surface area (Å²) in [5.41, 5.74) is -0.00649. The summed E-state index contributed by atoms with van der Waals surface area (Å²) in [6, 6.07) is 3.84. The van der Waals surface area contributed by atoms with Gasteiger partial charge in [0.15, 0.2) is 25.2 Å². The van der Waals surface area contributed by atoms with E-state index < -0.39 is 210 Å². The van der Waals surface area contributed by atoms with Crippen LogP contribution in [0.4, 0.5) is 0 Å². The number of hydrogen-bond acceptors (Lipinski definition) is 27. The lowest BCUT2D eigenvalue weighted by molar-refractivity contribution is -0.396. The Bertz CT molecular complexity index is 1970. The molecule has 5 heterocycles. The Morgan fingerprint density at radius 3 is 1.80 bits per heavy atom. The smallest absolute Gasteiger partial charge is 0.364 e. The number of carboxylic acid groups (broad SMARTS) is 1. The lowest BCUT2D eigenvalue weighted by atomic mass is 9.88. The maximum atomic E-state index is 14.1. The summed E-state index contributed by atoms with van der Waals surface area (Å²) >= 11 is 0. The molecule has 5 fully saturated rings. The number of carboxylic acids is 1. The molecule has 0 bridgehead atoms. The van der Waals surface area contributed by atoms with E-state index in [4.69, 9.17) is 47.4 Å². The summed E-state index contributed by atoms with van der Waals surface area (Å²) < 4.78 is 59.0. The van der Waals surface area contributed by atoms with Crippen LogP contribution in [0, 0.1) is 0 Å². The zero-order valence-electron chi connectivity index (χ0n) is 40.1. The second-order valence-electron chi connectivity index (χ2n) is 18.4. The van der Waals surface area contributed by atoms with Gasteiger partial charge in [-0.15, -0.1) is 0 Å². The maximum Gasteiger partial charge on any atom is 0.364 e. The number of nitrogens with one attached hydrogen (secondary N) is 2. The first kappa shape index (κ1) is 59.9. The van der Waals surface area contributed by atoms with E-state index in [2.05, 4.69) is 10.6 Å². The van der Waals surface area contributed by atoms with Crippen molar-refractivity contribution in [2.75, 3.05) is 33.0 Å². The number of amides is 2. The van der Waals surface area contributed by atoms with Gasteiger partial charge < -0.3 is 135 Å². The van der Waals surface area contributed by atoms with Crippen molar-refractivity contribution >= 4 is 17.8 Å². The number of aliphatic hydroxyl groups is 14. The summed E-state index contributed by atoms with van der Waals surface area (Å²) in [6.07, 6.45) is -45.9. The van der Waals surface area contributed by atoms with Crippen molar-refractivity contribution in [3.05, 3.63) is 35.9 Å². The molecule has 5 aliphatic rings. The molecule has 0 aliphatic carbocycles. The van der Waals surface area contributed by atoms with Crippen LogP contribution in [0.1, 0.15) is 37.6 Å². The van der Waals surface area contributed by atoms with Crippen LogP contribution in [-0.2, 0) is 57.0 Å². The van der Waals surface area contributed by atoms with Crippen LogP contribution < -0.4 is 10.6 Å². The van der Waals surface area contributed by atoms with E-state index in [0.29, 0.717) is 0 Å². The molecular formula is C44H68N2O28. The van der Waals surface area contributed by atoms with Crippen molar-refractivity contribution in [1.82, 2.24) is 10.6 Å². The third kappa shape index (κ3) is 12.8. The van der Waals surface area contributed by atoms with E-state index in [9.17, 15) is 91.0 Å². The third-order valence-corrected chi connectivity index (χ3v) is 13.3. The molecule has 30 nitrogen and oxygen atoms in total. The number of carbonyl (C=O) groups is 3. The first-order chi connectivity index (χ1) is 35.1. The largest absolute Gasteiger partial charge is 0.477 e. The van der Waals surface area contributed by atoms with E-state index in [1.54, 1.807) is 13.0 Å². The Morgan fingerprint density at radius 1 is 0.662 bits per heavy atom. The van der Waals surface area contributed by atoms with E-state index in [-0.39, 0.29) is 12.2 Å². The fourth-order valence-corrected chi connectivity index (χ4v) is 9.35. The first-order valence-corrected chi connectivity index (χ1v) is 23.7. The van der Waals surface area contributed by atoms with Gasteiger partial charge in [0.05, 0.1) is 44.7 Å². The maximum absolute atomic E-state index is 14.1. The number of benzene rings is 1. The number of rotatable bonds is 20. The van der Waals surface area contributed by atoms with Crippen LogP contribution in [0.5, 0.6) is 0 Å². The van der Waals surface area contributed by atoms with Crippen molar-refractivity contribution < 1.29 is 138 Å². The van der Waals surface area contributed by atoms with Crippen LogP contribution in [-0.4, -0.2) is 286 Å². The molecule has 0 aromatic heterocycles. The SMILES string of the molecule is CCO[C@@H]1O[C@H](CO)[C@H](O)[C@H](O[C@@H]2O[C@H](CO)[C@@H](O[C@@H]3O[C@H](CO)[C@H](O)[C@H](O[C@]4(C(=O)O)C[C@H](O)[C@@H](NC(C)=O)[C@H]([C@@H](O)[C@@H](O)CO)O4)[C@H]3O)[C@H](O[C@@H]3O[C@@H](C)[C@@H](O)[C@@H](O)[C@@H]3O)[C@H]2NC(=O)c2ccccc2)[C@H]1O. The Kier molecular flexibility index (Phi) is 21.0. The molecule has 422 valence electrons. The molecule has 5 aliphatic heterocycles. The molecule has 26 atom stereocenters. The van der Waals surface area contributed by atoms with Gasteiger partial charge in [0.1, 0.15) is 110 Å². The van der Waals surface area contributed by atoms with E-state index in [1.165, 1.54) is 31.2 Å². The van der Waals surface area contributed by atoms with Gasteiger partial charge in [0, 0.05) is 25.5 Å². The topological polar surface area (TPSA) is 471 Å². The van der Waals surface area contributed by atoms with Gasteiger partial charge in [0.25, 0.3) is 11.7 Å². The fourth-order valence-electron chi connectivity index (χ4n) is 9.35. The number of aliphatic hydroxyl groups excluding tert-OH is 14. The van der Waals surface area contributed by atoms with Gasteiger partial charge in [-0.05, 0) is 26.0 Å². The standard InChI is InChI=1S/C44H68N2O28/c1-4-65-40-31(60)36(27(56)20(12-48)67-40)72-39-24(46-38(62)17-8-6-5-7-9-17)35(71-41-30(59)29(58)25(54)15(2)66-41)33(22(14-50)69-39)70-42-32(61)37(28(57)21(13-49)68-42)74-44(43(63)64)10-18(52)23(45-16(3)51)34(73-44)26(55)19(53)11-47/h5-9,15,18-37,39-42,47-50,52-61H,4,10-14H2,1-3H3,(H,45,51)(H,46,62)(H,63,64)/t15-,18-,19-,20+,21+,22+,23+,24+,25+,26-,27-,28-,29+,30-,31+,32+,33+,34+,35+,36-,37-,39-,40+,41-,42-,44-/m0/s1. The zero-order chi connectivity index (χ0) is 54.5. The van der Waals surface area contributed by atoms with Gasteiger partial charge in [0.2, 0.25) is 5.91 Å². The van der Waals surface area contributed by atoms with Crippen molar-refractivity contribution in [1.29, 1.82) is 0 Å². The molecule has 0 saturated carbocycles. The summed E-state index contributed by atoms with van der Waals surface area (Å²) in [7, 11) is 0. The van der Waals surface area contributed by atoms with Gasteiger partial charge in [-0.2, -0.15) is 0 Å². The highest BCUT2D eigenvalue weighted by molar-refractivity contribution is 5.94. The molecule has 2 amide bonds. The molecule has 0 spiro atoms. The van der Waals surface area contributed by atoms with Crippen LogP contribution in [0.3, 0.4) is 0 Å². The highest BCUT2D eigenvalue weighted by Crippen LogP contribution is 2.40. The minimum Gasteiger partial charge on any atom is -0.477 e. The van der Waals surface area contributed by atoms with Crippen molar-refractivity contribution in [2.45, 2.75) is 186 Å². The van der Waals surface area contributed by atoms with E-state index >= 15 is 0 Å². The van der Waals surface area contributed by atoms with Crippen LogP contribution in [0.25, 0.3) is 0 Å². The lowest BCUT2D eigenvalue weighted by Gasteiger charge is -2.52. The summed E-state index contributed by atoms with van der Waals surface area (Å²) in [4.78, 5) is 39.4. The second kappa shape index (κ2) is 25.9. The highest BCUT2D eigenvalue weighted by Gasteiger charge is 2.61. The molecule has 0 radical (unpaired) electrons. The summed E-state index contributed by atoms with van der Waals surface area (Å²) in [6.45, 7) is -0.379. The van der Waals surface area contributed by atoms with Crippen molar-refractivity contribution in [2.24, 2.45) is 0 Å². The highest BCUT2D eigenvalue weighted by atomic mass is 16.8. The van der Waals surface area contributed by atoms with Crippen molar-refractivity contribution in [3.8, 4) is 0 Å². The Morgan fingerprint density at radius 2 is 1.22 bits per heavy atom. The second-order valence-corrected chi connectivity index (χ2v) is 18.4. The zero-order valence-corrected chi connectivity index (χ0v) is 40.1. The van der Waals surface area contributed by atoms with Gasteiger partial charge >= 0.3 is 5.97 Å². The molecule has 17 N–H and O–H groups in total. The van der Waals surface area contributed by atoms with Crippen LogP contribution in [0.2, 0.25) is 0 Å². The quantitative estimate of drug-likeness (QED) is 0.0576. The van der Waals surface area contributed by atoms with Gasteiger partial charge in [-0.25, -0.2) is 4.79 Å². The lowest BCUT2D eigenvalue weighted by Crippen LogP contribution is -2.72. The van der Waals surface area contributed by atoms with Gasteiger partial charge in [-0.1, -0.05) is 18.2 Å². The van der Waals surface area contributed by atoms with E-state index in [1.807, 2.05) is 0 Å². The summed E-state index contributed by atoms with van der Waals surface area (Å²) in [5.74, 6) is -6.99. The summed E-state index contributed by atoms with van der Waals surface area (Å²) in [5, 5.41) is 168. The predicted octanol–water partition coefficient (Wildman–Crippen LogP) is -9.07. The average Bonchev–Trinajstić information content (AvgIpc) is 3.38. The van der Waals surface area contributed by atoms with Crippen molar-refractivity contribution in [3.63, 3.8) is 0 Å². The monoisotopic (exact) mass is 1070 g/mol. The van der Waals surface area contributed by atoms with E-state index in [0.717, 1.165) is 6.92 Å². The third-order valence-electron chi connectivity index (χ3n) is 13.3.